The lowest BCUT2D eigenvalue weighted by Crippen LogP contribution is -2.27. The third-order valence-corrected chi connectivity index (χ3v) is 5.93. The molecule has 1 aliphatic heterocycles. The SMILES string of the molecule is C#CCSc1nc2c(-c3ccc(C(=O)N4CCCC4)cc3)c(C(C)C)nn2c(=O)[nH]1. The number of amides is 1. The molecule has 3 aromatic rings. The number of aromatic amines is 1. The molecule has 0 atom stereocenters. The van der Waals surface area contributed by atoms with Crippen molar-refractivity contribution < 1.29 is 4.79 Å². The quantitative estimate of drug-likeness (QED) is 0.505. The number of nitrogens with one attached hydrogen (secondary N) is 1. The van der Waals surface area contributed by atoms with Crippen molar-refractivity contribution in [1.29, 1.82) is 0 Å². The van der Waals surface area contributed by atoms with E-state index in [2.05, 4.69) is 21.0 Å². The molecule has 0 bridgehead atoms. The molecule has 1 aromatic carbocycles. The molecule has 7 nitrogen and oxygen atoms in total. The van der Waals surface area contributed by atoms with Crippen LogP contribution in [-0.2, 0) is 0 Å². The number of carbonyl (C=O) groups excluding carboxylic acids is 1. The number of fused-ring (bicyclic) bond motifs is 1. The topological polar surface area (TPSA) is 83.4 Å². The molecule has 0 saturated carbocycles. The maximum atomic E-state index is 12.7. The average molecular weight is 422 g/mol. The maximum Gasteiger partial charge on any atom is 0.350 e. The first-order valence-corrected chi connectivity index (χ1v) is 11.0. The summed E-state index contributed by atoms with van der Waals surface area (Å²) in [5, 5.41) is 4.98. The van der Waals surface area contributed by atoms with Gasteiger partial charge in [0.25, 0.3) is 5.91 Å². The monoisotopic (exact) mass is 421 g/mol. The van der Waals surface area contributed by atoms with E-state index in [1.165, 1.54) is 16.3 Å². The minimum Gasteiger partial charge on any atom is -0.339 e. The second-order valence-electron chi connectivity index (χ2n) is 7.57. The highest BCUT2D eigenvalue weighted by molar-refractivity contribution is 7.99. The highest BCUT2D eigenvalue weighted by Gasteiger charge is 2.22. The van der Waals surface area contributed by atoms with Crippen LogP contribution in [0.5, 0.6) is 0 Å². The predicted molar refractivity (Wildman–Crippen MR) is 118 cm³/mol. The molecule has 1 saturated heterocycles. The summed E-state index contributed by atoms with van der Waals surface area (Å²) in [7, 11) is 0. The Morgan fingerprint density at radius 1 is 1.27 bits per heavy atom. The molecule has 0 aliphatic carbocycles. The minimum atomic E-state index is -0.353. The molecule has 30 heavy (non-hydrogen) atoms. The van der Waals surface area contributed by atoms with Gasteiger partial charge in [-0.1, -0.05) is 43.7 Å². The van der Waals surface area contributed by atoms with E-state index in [-0.39, 0.29) is 17.5 Å². The van der Waals surface area contributed by atoms with Crippen LogP contribution in [0, 0.1) is 12.3 Å². The maximum absolute atomic E-state index is 12.7. The number of benzene rings is 1. The molecule has 0 radical (unpaired) electrons. The molecule has 8 heteroatoms. The van der Waals surface area contributed by atoms with E-state index >= 15 is 0 Å². The Bertz CT molecular complexity index is 1180. The Hall–Kier alpha value is -3.05. The van der Waals surface area contributed by atoms with Crippen LogP contribution in [0.15, 0.2) is 34.2 Å². The first-order chi connectivity index (χ1) is 14.5. The number of hydrogen-bond acceptors (Lipinski definition) is 5. The van der Waals surface area contributed by atoms with Crippen molar-refractivity contribution in [3.63, 3.8) is 0 Å². The molecule has 0 spiro atoms. The van der Waals surface area contributed by atoms with Crippen LogP contribution in [0.3, 0.4) is 0 Å². The number of carbonyl (C=O) groups is 1. The molecule has 3 heterocycles. The standard InChI is InChI=1S/C22H23N5O2S/c1-4-13-30-21-23-19-17(18(14(2)3)25-27(19)22(29)24-21)15-7-9-16(10-8-15)20(28)26-11-5-6-12-26/h1,7-10,14H,5-6,11-13H2,2-3H3,(H,23,24,29). The van der Waals surface area contributed by atoms with Crippen LogP contribution in [0.2, 0.25) is 0 Å². The summed E-state index contributed by atoms with van der Waals surface area (Å²) in [5.41, 5.74) is 3.26. The zero-order valence-corrected chi connectivity index (χ0v) is 17.8. The van der Waals surface area contributed by atoms with Crippen LogP contribution in [0.4, 0.5) is 0 Å². The van der Waals surface area contributed by atoms with Gasteiger partial charge in [0.1, 0.15) is 0 Å². The first-order valence-electron chi connectivity index (χ1n) is 9.98. The molecule has 2 aromatic heterocycles. The number of H-pyrrole nitrogens is 1. The van der Waals surface area contributed by atoms with Crippen molar-refractivity contribution >= 4 is 23.3 Å². The number of aromatic nitrogens is 4. The summed E-state index contributed by atoms with van der Waals surface area (Å²) in [6.07, 6.45) is 7.46. The molecular formula is C22H23N5O2S. The van der Waals surface area contributed by atoms with Crippen molar-refractivity contribution in [2.45, 2.75) is 37.8 Å². The van der Waals surface area contributed by atoms with E-state index < -0.39 is 0 Å². The van der Waals surface area contributed by atoms with Gasteiger partial charge in [-0.2, -0.15) is 9.61 Å². The van der Waals surface area contributed by atoms with Gasteiger partial charge in [-0.25, -0.2) is 9.78 Å². The number of hydrogen-bond donors (Lipinski definition) is 1. The second-order valence-corrected chi connectivity index (χ2v) is 8.53. The van der Waals surface area contributed by atoms with Crippen LogP contribution in [0.1, 0.15) is 48.7 Å². The van der Waals surface area contributed by atoms with Crippen LogP contribution in [0.25, 0.3) is 16.8 Å². The Kier molecular flexibility index (Phi) is 5.64. The molecular weight excluding hydrogens is 398 g/mol. The lowest BCUT2D eigenvalue weighted by molar-refractivity contribution is 0.0793. The van der Waals surface area contributed by atoms with E-state index in [1.54, 1.807) is 0 Å². The third kappa shape index (κ3) is 3.73. The van der Waals surface area contributed by atoms with Gasteiger partial charge in [0.15, 0.2) is 10.8 Å². The molecule has 1 amide bonds. The fourth-order valence-electron chi connectivity index (χ4n) is 3.68. The molecule has 154 valence electrons. The third-order valence-electron chi connectivity index (χ3n) is 5.15. The fourth-order valence-corrected chi connectivity index (χ4v) is 4.21. The lowest BCUT2D eigenvalue weighted by Gasteiger charge is -2.15. The van der Waals surface area contributed by atoms with Gasteiger partial charge in [-0.3, -0.25) is 9.78 Å². The predicted octanol–water partition coefficient (Wildman–Crippen LogP) is 3.17. The Morgan fingerprint density at radius 2 is 1.97 bits per heavy atom. The molecule has 1 N–H and O–H groups in total. The fraction of sp³-hybridized carbons (Fsp3) is 0.364. The molecule has 1 aliphatic rings. The van der Waals surface area contributed by atoms with Gasteiger partial charge < -0.3 is 4.90 Å². The van der Waals surface area contributed by atoms with Crippen molar-refractivity contribution in [2.75, 3.05) is 18.8 Å². The average Bonchev–Trinajstić information content (AvgIpc) is 3.40. The van der Waals surface area contributed by atoms with Gasteiger partial charge in [-0.05, 0) is 36.5 Å². The van der Waals surface area contributed by atoms with Gasteiger partial charge in [0, 0.05) is 18.7 Å². The summed E-state index contributed by atoms with van der Waals surface area (Å²) < 4.78 is 1.30. The highest BCUT2D eigenvalue weighted by Crippen LogP contribution is 2.32. The van der Waals surface area contributed by atoms with E-state index in [9.17, 15) is 9.59 Å². The van der Waals surface area contributed by atoms with Gasteiger partial charge in [-0.15, -0.1) is 6.42 Å². The molecule has 4 rings (SSSR count). The zero-order valence-electron chi connectivity index (χ0n) is 17.0. The van der Waals surface area contributed by atoms with Crippen molar-refractivity contribution in [2.24, 2.45) is 0 Å². The van der Waals surface area contributed by atoms with Crippen LogP contribution in [-0.4, -0.2) is 49.2 Å². The Morgan fingerprint density at radius 3 is 2.60 bits per heavy atom. The van der Waals surface area contributed by atoms with Crippen molar-refractivity contribution in [3.8, 4) is 23.5 Å². The summed E-state index contributed by atoms with van der Waals surface area (Å²) in [5.74, 6) is 3.10. The van der Waals surface area contributed by atoms with Gasteiger partial charge in [0.2, 0.25) is 0 Å². The van der Waals surface area contributed by atoms with E-state index in [0.717, 1.165) is 42.8 Å². The lowest BCUT2D eigenvalue weighted by atomic mass is 9.98. The first kappa shape index (κ1) is 20.2. The number of likely N-dealkylation sites (tertiary alicyclic amines) is 1. The normalized spacial score (nSPS) is 13.9. The summed E-state index contributed by atoms with van der Waals surface area (Å²) in [6.45, 7) is 5.69. The molecule has 1 fully saturated rings. The number of terminal acetylenes is 1. The van der Waals surface area contributed by atoms with Gasteiger partial charge >= 0.3 is 5.69 Å². The van der Waals surface area contributed by atoms with E-state index in [4.69, 9.17) is 6.42 Å². The van der Waals surface area contributed by atoms with Crippen LogP contribution >= 0.6 is 11.8 Å². The summed E-state index contributed by atoms with van der Waals surface area (Å²) in [6, 6.07) is 7.49. The second kappa shape index (κ2) is 8.36. The summed E-state index contributed by atoms with van der Waals surface area (Å²) in [4.78, 5) is 34.4. The largest absolute Gasteiger partial charge is 0.350 e. The van der Waals surface area contributed by atoms with Crippen molar-refractivity contribution in [1.82, 2.24) is 24.5 Å². The van der Waals surface area contributed by atoms with E-state index in [0.29, 0.717) is 22.1 Å². The minimum absolute atomic E-state index is 0.0607. The zero-order chi connectivity index (χ0) is 21.3. The van der Waals surface area contributed by atoms with Gasteiger partial charge in [0.05, 0.1) is 17.0 Å². The number of thioether (sulfide) groups is 1. The Labute approximate surface area is 178 Å². The molecule has 0 unspecified atom stereocenters. The smallest absolute Gasteiger partial charge is 0.339 e. The summed E-state index contributed by atoms with van der Waals surface area (Å²) >= 11 is 1.30. The van der Waals surface area contributed by atoms with Crippen LogP contribution < -0.4 is 5.69 Å². The highest BCUT2D eigenvalue weighted by atomic mass is 32.2. The van der Waals surface area contributed by atoms with Crippen molar-refractivity contribution in [3.05, 3.63) is 46.0 Å². The number of rotatable bonds is 5. The van der Waals surface area contributed by atoms with E-state index in [1.807, 2.05) is 43.0 Å². The number of nitrogens with zero attached hydrogens (tertiary/aromatic N) is 4. The Balaban J connectivity index is 1.79.